The third kappa shape index (κ3) is 5.29. The minimum absolute atomic E-state index is 0.109. The minimum Gasteiger partial charge on any atom is -0.444 e. The highest BCUT2D eigenvalue weighted by Crippen LogP contribution is 2.30. The second-order valence-electron chi connectivity index (χ2n) is 5.90. The molecule has 104 valence electrons. The summed E-state index contributed by atoms with van der Waals surface area (Å²) in [5, 5.41) is 2.92. The van der Waals surface area contributed by atoms with E-state index in [1.807, 2.05) is 32.5 Å². The van der Waals surface area contributed by atoms with Crippen molar-refractivity contribution in [2.45, 2.75) is 58.1 Å². The van der Waals surface area contributed by atoms with Crippen LogP contribution in [0.15, 0.2) is 0 Å². The molecule has 1 rings (SSSR count). The lowest BCUT2D eigenvalue weighted by Crippen LogP contribution is -2.53. The summed E-state index contributed by atoms with van der Waals surface area (Å²) < 4.78 is 5.28. The van der Waals surface area contributed by atoms with Gasteiger partial charge in [0.05, 0.1) is 5.54 Å². The van der Waals surface area contributed by atoms with E-state index < -0.39 is 17.2 Å². The molecule has 1 fully saturated rings. The molecule has 0 radical (unpaired) electrons. The zero-order valence-electron chi connectivity index (χ0n) is 11.7. The van der Waals surface area contributed by atoms with Crippen molar-refractivity contribution < 1.29 is 14.3 Å². The zero-order valence-corrected chi connectivity index (χ0v) is 12.5. The number of thioether (sulfide) groups is 1. The Morgan fingerprint density at radius 3 is 2.28 bits per heavy atom. The van der Waals surface area contributed by atoms with E-state index in [9.17, 15) is 9.59 Å². The number of alkyl carbamates (subject to hydrolysis) is 1. The van der Waals surface area contributed by atoms with Gasteiger partial charge in [0.2, 0.25) is 0 Å². The third-order valence-corrected chi connectivity index (χ3v) is 3.79. The summed E-state index contributed by atoms with van der Waals surface area (Å²) in [5.74, 6) is 2.06. The second-order valence-corrected chi connectivity index (χ2v) is 7.12. The molecule has 0 aliphatic carbocycles. The Kier molecular flexibility index (Phi) is 5.08. The summed E-state index contributed by atoms with van der Waals surface area (Å²) in [6, 6.07) is 0. The molecule has 1 aliphatic heterocycles. The Morgan fingerprint density at radius 2 is 1.83 bits per heavy atom. The number of ketones is 1. The van der Waals surface area contributed by atoms with Gasteiger partial charge in [0.1, 0.15) is 11.4 Å². The summed E-state index contributed by atoms with van der Waals surface area (Å²) in [5.41, 5.74) is -0.912. The molecule has 1 heterocycles. The number of nitrogens with one attached hydrogen (secondary N) is 1. The van der Waals surface area contributed by atoms with Gasteiger partial charge in [-0.25, -0.2) is 4.79 Å². The van der Waals surface area contributed by atoms with Gasteiger partial charge in [0, 0.05) is 6.42 Å². The normalized spacial score (nSPS) is 19.1. The van der Waals surface area contributed by atoms with Crippen LogP contribution >= 0.6 is 11.8 Å². The average molecular weight is 273 g/mol. The summed E-state index contributed by atoms with van der Waals surface area (Å²) >= 11 is 1.86. The van der Waals surface area contributed by atoms with Crippen molar-refractivity contribution in [1.29, 1.82) is 0 Å². The molecule has 1 saturated heterocycles. The molecule has 1 N–H and O–H groups in total. The zero-order chi connectivity index (χ0) is 13.8. The van der Waals surface area contributed by atoms with E-state index in [1.165, 1.54) is 0 Å². The standard InChI is InChI=1S/C13H23NO3S/c1-10(15)9-13(5-7-18-8-6-13)14-11(16)17-12(2,3)4/h5-9H2,1-4H3,(H,14,16). The van der Waals surface area contributed by atoms with Gasteiger partial charge in [-0.15, -0.1) is 0 Å². The number of carbonyl (C=O) groups excluding carboxylic acids is 2. The number of ether oxygens (including phenoxy) is 1. The molecule has 0 aromatic carbocycles. The van der Waals surface area contributed by atoms with E-state index in [1.54, 1.807) is 6.92 Å². The Bertz CT molecular complexity index is 317. The Balaban J connectivity index is 2.66. The van der Waals surface area contributed by atoms with E-state index in [4.69, 9.17) is 4.74 Å². The number of rotatable bonds is 3. The van der Waals surface area contributed by atoms with Crippen LogP contribution in [0, 0.1) is 0 Å². The maximum atomic E-state index is 11.9. The predicted octanol–water partition coefficient (Wildman–Crippen LogP) is 2.76. The van der Waals surface area contributed by atoms with Gasteiger partial charge in [0.25, 0.3) is 0 Å². The highest BCUT2D eigenvalue weighted by Gasteiger charge is 2.36. The first kappa shape index (κ1) is 15.3. The molecule has 0 spiro atoms. The molecule has 4 nitrogen and oxygen atoms in total. The van der Waals surface area contributed by atoms with E-state index in [0.29, 0.717) is 6.42 Å². The topological polar surface area (TPSA) is 55.4 Å². The predicted molar refractivity (Wildman–Crippen MR) is 74.0 cm³/mol. The number of hydrogen-bond acceptors (Lipinski definition) is 4. The smallest absolute Gasteiger partial charge is 0.408 e. The molecule has 0 atom stereocenters. The summed E-state index contributed by atoms with van der Waals surface area (Å²) in [6.07, 6.45) is 1.63. The number of amides is 1. The number of Topliss-reactive ketones (excluding diaryl/α,β-unsaturated/α-hetero) is 1. The quantitative estimate of drug-likeness (QED) is 0.859. The second kappa shape index (κ2) is 5.95. The lowest BCUT2D eigenvalue weighted by molar-refractivity contribution is -0.118. The molecular weight excluding hydrogens is 250 g/mol. The van der Waals surface area contributed by atoms with Crippen molar-refractivity contribution >= 4 is 23.6 Å². The van der Waals surface area contributed by atoms with Gasteiger partial charge in [-0.05, 0) is 52.0 Å². The van der Waals surface area contributed by atoms with E-state index in [0.717, 1.165) is 24.3 Å². The minimum atomic E-state index is -0.509. The van der Waals surface area contributed by atoms with Crippen LogP contribution in [0.2, 0.25) is 0 Å². The van der Waals surface area contributed by atoms with Crippen LogP contribution in [0.1, 0.15) is 47.0 Å². The van der Waals surface area contributed by atoms with Crippen LogP contribution in [0.25, 0.3) is 0 Å². The van der Waals surface area contributed by atoms with Gasteiger partial charge < -0.3 is 10.1 Å². The highest BCUT2D eigenvalue weighted by atomic mass is 32.2. The lowest BCUT2D eigenvalue weighted by atomic mass is 9.87. The molecule has 0 unspecified atom stereocenters. The van der Waals surface area contributed by atoms with Gasteiger partial charge in [-0.3, -0.25) is 4.79 Å². The van der Waals surface area contributed by atoms with Gasteiger partial charge in [-0.2, -0.15) is 11.8 Å². The molecule has 1 aliphatic rings. The third-order valence-electron chi connectivity index (χ3n) is 2.80. The Labute approximate surface area is 113 Å². The fourth-order valence-corrected chi connectivity index (χ4v) is 3.38. The summed E-state index contributed by atoms with van der Waals surface area (Å²) in [6.45, 7) is 7.07. The van der Waals surface area contributed by atoms with Crippen molar-refractivity contribution in [2.24, 2.45) is 0 Å². The van der Waals surface area contributed by atoms with Crippen LogP contribution in [-0.2, 0) is 9.53 Å². The van der Waals surface area contributed by atoms with Gasteiger partial charge >= 0.3 is 6.09 Å². The first-order chi connectivity index (χ1) is 8.22. The monoisotopic (exact) mass is 273 g/mol. The molecular formula is C13H23NO3S. The molecule has 18 heavy (non-hydrogen) atoms. The van der Waals surface area contributed by atoms with Crippen molar-refractivity contribution in [3.05, 3.63) is 0 Å². The van der Waals surface area contributed by atoms with E-state index in [2.05, 4.69) is 5.32 Å². The Hall–Kier alpha value is -0.710. The fourth-order valence-electron chi connectivity index (χ4n) is 2.10. The van der Waals surface area contributed by atoms with Crippen molar-refractivity contribution in [2.75, 3.05) is 11.5 Å². The van der Waals surface area contributed by atoms with Crippen LogP contribution in [0.3, 0.4) is 0 Å². The fraction of sp³-hybridized carbons (Fsp3) is 0.846. The van der Waals surface area contributed by atoms with Gasteiger partial charge in [0.15, 0.2) is 0 Å². The lowest BCUT2D eigenvalue weighted by Gasteiger charge is -2.37. The van der Waals surface area contributed by atoms with Crippen LogP contribution in [0.4, 0.5) is 4.79 Å². The molecule has 0 aromatic rings. The molecule has 0 bridgehead atoms. The maximum Gasteiger partial charge on any atom is 0.408 e. The first-order valence-electron chi connectivity index (χ1n) is 6.31. The highest BCUT2D eigenvalue weighted by molar-refractivity contribution is 7.99. The summed E-state index contributed by atoms with van der Waals surface area (Å²) in [7, 11) is 0. The van der Waals surface area contributed by atoms with Crippen LogP contribution < -0.4 is 5.32 Å². The SMILES string of the molecule is CC(=O)CC1(NC(=O)OC(C)(C)C)CCSCC1. The van der Waals surface area contributed by atoms with E-state index in [-0.39, 0.29) is 5.78 Å². The molecule has 5 heteroatoms. The maximum absolute atomic E-state index is 11.9. The largest absolute Gasteiger partial charge is 0.444 e. The van der Waals surface area contributed by atoms with Gasteiger partial charge in [-0.1, -0.05) is 0 Å². The average Bonchev–Trinajstić information content (AvgIpc) is 2.13. The Morgan fingerprint density at radius 1 is 1.28 bits per heavy atom. The molecule has 1 amide bonds. The van der Waals surface area contributed by atoms with Crippen molar-refractivity contribution in [3.63, 3.8) is 0 Å². The van der Waals surface area contributed by atoms with Crippen LogP contribution in [-0.4, -0.2) is 34.5 Å². The van der Waals surface area contributed by atoms with Crippen molar-refractivity contribution in [1.82, 2.24) is 5.32 Å². The summed E-state index contributed by atoms with van der Waals surface area (Å²) in [4.78, 5) is 23.2. The number of hydrogen-bond donors (Lipinski definition) is 1. The van der Waals surface area contributed by atoms with Crippen molar-refractivity contribution in [3.8, 4) is 0 Å². The van der Waals surface area contributed by atoms with E-state index >= 15 is 0 Å². The van der Waals surface area contributed by atoms with Crippen LogP contribution in [0.5, 0.6) is 0 Å². The number of carbonyl (C=O) groups is 2. The molecule has 0 aromatic heterocycles. The first-order valence-corrected chi connectivity index (χ1v) is 7.46. The molecule has 0 saturated carbocycles.